The van der Waals surface area contributed by atoms with Gasteiger partial charge in [-0.05, 0) is 30.2 Å². The molecule has 3 aromatic rings. The van der Waals surface area contributed by atoms with E-state index in [1.54, 1.807) is 18.3 Å². The van der Waals surface area contributed by atoms with Crippen LogP contribution in [-0.2, 0) is 0 Å². The van der Waals surface area contributed by atoms with Crippen molar-refractivity contribution in [3.8, 4) is 11.8 Å². The molecule has 2 aromatic heterocycles. The van der Waals surface area contributed by atoms with Crippen molar-refractivity contribution in [3.05, 3.63) is 60.2 Å². The topological polar surface area (TPSA) is 70.7 Å². The number of fused-ring (bicyclic) bond motifs is 1. The first-order valence-electron chi connectivity index (χ1n) is 7.20. The van der Waals surface area contributed by atoms with Gasteiger partial charge in [0.25, 0.3) is 0 Å². The molecular formula is C18H15N3O2. The van der Waals surface area contributed by atoms with Gasteiger partial charge in [0, 0.05) is 30.2 Å². The minimum atomic E-state index is 0.471. The predicted octanol–water partition coefficient (Wildman–Crippen LogP) is 3.49. The molecule has 0 saturated heterocycles. The number of hydrogen-bond donors (Lipinski definition) is 2. The van der Waals surface area contributed by atoms with Gasteiger partial charge in [0.1, 0.15) is 12.0 Å². The lowest BCUT2D eigenvalue weighted by atomic mass is 10.2. The first-order chi connectivity index (χ1) is 11.4. The van der Waals surface area contributed by atoms with Crippen LogP contribution in [0.25, 0.3) is 10.9 Å². The Morgan fingerprint density at radius 1 is 1.22 bits per heavy atom. The number of pyridine rings is 1. The Morgan fingerprint density at radius 2 is 2.13 bits per heavy atom. The van der Waals surface area contributed by atoms with E-state index in [1.165, 1.54) is 6.21 Å². The Balaban J connectivity index is 1.58. The molecule has 0 radical (unpaired) electrons. The molecule has 0 unspecified atom stereocenters. The maximum atomic E-state index is 8.42. The van der Waals surface area contributed by atoms with Crippen molar-refractivity contribution in [2.75, 3.05) is 11.9 Å². The number of hydrogen-bond acceptors (Lipinski definition) is 5. The molecule has 5 nitrogen and oxygen atoms in total. The number of aromatic nitrogens is 1. The number of anilines is 1. The van der Waals surface area contributed by atoms with Gasteiger partial charge in [-0.15, -0.1) is 0 Å². The molecule has 0 saturated carbocycles. The van der Waals surface area contributed by atoms with Crippen molar-refractivity contribution in [1.29, 1.82) is 0 Å². The molecule has 0 spiro atoms. The monoisotopic (exact) mass is 305 g/mol. The SMILES string of the molecule is O/N=C/c1ccc(C#CCCNc2ccnc3ccccc23)o1. The van der Waals surface area contributed by atoms with Gasteiger partial charge in [-0.25, -0.2) is 0 Å². The van der Waals surface area contributed by atoms with Crippen LogP contribution >= 0.6 is 0 Å². The highest BCUT2D eigenvalue weighted by atomic mass is 16.4. The Bertz CT molecular complexity index is 882. The molecular weight excluding hydrogens is 290 g/mol. The Hall–Kier alpha value is -3.26. The highest BCUT2D eigenvalue weighted by Gasteiger charge is 1.99. The zero-order valence-corrected chi connectivity index (χ0v) is 12.4. The van der Waals surface area contributed by atoms with Gasteiger partial charge >= 0.3 is 0 Å². The second-order valence-electron chi connectivity index (χ2n) is 4.80. The van der Waals surface area contributed by atoms with E-state index in [-0.39, 0.29) is 0 Å². The van der Waals surface area contributed by atoms with Crippen LogP contribution in [0.1, 0.15) is 17.9 Å². The summed E-state index contributed by atoms with van der Waals surface area (Å²) in [5, 5.41) is 15.8. The van der Waals surface area contributed by atoms with E-state index in [2.05, 4.69) is 27.3 Å². The lowest BCUT2D eigenvalue weighted by molar-refractivity contribution is 0.320. The van der Waals surface area contributed by atoms with Gasteiger partial charge in [0.2, 0.25) is 0 Å². The van der Waals surface area contributed by atoms with Crippen molar-refractivity contribution < 1.29 is 9.62 Å². The summed E-state index contributed by atoms with van der Waals surface area (Å²) in [5.41, 5.74) is 2.02. The van der Waals surface area contributed by atoms with Crippen LogP contribution in [0.5, 0.6) is 0 Å². The summed E-state index contributed by atoms with van der Waals surface area (Å²) in [4.78, 5) is 4.33. The van der Waals surface area contributed by atoms with Gasteiger partial charge in [-0.3, -0.25) is 4.98 Å². The number of oxime groups is 1. The van der Waals surface area contributed by atoms with Crippen molar-refractivity contribution in [2.45, 2.75) is 6.42 Å². The summed E-state index contributed by atoms with van der Waals surface area (Å²) in [6, 6.07) is 13.4. The molecule has 0 atom stereocenters. The summed E-state index contributed by atoms with van der Waals surface area (Å²) < 4.78 is 5.33. The molecule has 3 rings (SSSR count). The molecule has 23 heavy (non-hydrogen) atoms. The van der Waals surface area contributed by atoms with E-state index in [4.69, 9.17) is 9.62 Å². The third-order valence-electron chi connectivity index (χ3n) is 3.24. The third kappa shape index (κ3) is 3.69. The van der Waals surface area contributed by atoms with E-state index in [0.29, 0.717) is 17.9 Å². The molecule has 0 aliphatic heterocycles. The van der Waals surface area contributed by atoms with E-state index in [9.17, 15) is 0 Å². The van der Waals surface area contributed by atoms with Crippen LogP contribution in [0.4, 0.5) is 5.69 Å². The predicted molar refractivity (Wildman–Crippen MR) is 89.8 cm³/mol. The van der Waals surface area contributed by atoms with Crippen LogP contribution in [-0.4, -0.2) is 23.0 Å². The molecule has 0 bridgehead atoms. The van der Waals surface area contributed by atoms with Gasteiger partial charge in [-0.1, -0.05) is 29.3 Å². The fraction of sp³-hybridized carbons (Fsp3) is 0.111. The second-order valence-corrected chi connectivity index (χ2v) is 4.80. The largest absolute Gasteiger partial charge is 0.447 e. The first-order valence-corrected chi connectivity index (χ1v) is 7.20. The minimum absolute atomic E-state index is 0.471. The molecule has 0 fully saturated rings. The summed E-state index contributed by atoms with van der Waals surface area (Å²) in [5.74, 6) is 7.00. The number of furan rings is 1. The molecule has 5 heteroatoms. The van der Waals surface area contributed by atoms with E-state index in [1.807, 2.05) is 30.3 Å². The van der Waals surface area contributed by atoms with Crippen LogP contribution < -0.4 is 5.32 Å². The average Bonchev–Trinajstić information content (AvgIpc) is 3.02. The molecule has 2 heterocycles. The first kappa shape index (κ1) is 14.7. The lowest BCUT2D eigenvalue weighted by Gasteiger charge is -2.07. The Morgan fingerprint density at radius 3 is 3.04 bits per heavy atom. The van der Waals surface area contributed by atoms with Crippen LogP contribution in [0.2, 0.25) is 0 Å². The standard InChI is InChI=1S/C18H15N3O2/c22-21-13-15-9-8-14(23-15)5-3-4-11-19-18-10-12-20-17-7-2-1-6-16(17)18/h1-2,6-10,12-13,22H,4,11H2,(H,19,20)/b21-13+. The quantitative estimate of drug-likeness (QED) is 0.254. The smallest absolute Gasteiger partial charge is 0.177 e. The van der Waals surface area contributed by atoms with Gasteiger partial charge in [0.05, 0.1) is 5.52 Å². The summed E-state index contributed by atoms with van der Waals surface area (Å²) in [6.07, 6.45) is 3.70. The summed E-state index contributed by atoms with van der Waals surface area (Å²) >= 11 is 0. The molecule has 0 amide bonds. The minimum Gasteiger partial charge on any atom is -0.447 e. The Labute approximate surface area is 133 Å². The Kier molecular flexibility index (Phi) is 4.55. The number of nitrogens with one attached hydrogen (secondary N) is 1. The zero-order chi connectivity index (χ0) is 15.9. The average molecular weight is 305 g/mol. The van der Waals surface area contributed by atoms with Crippen molar-refractivity contribution in [2.24, 2.45) is 5.16 Å². The maximum Gasteiger partial charge on any atom is 0.177 e. The molecule has 0 aliphatic carbocycles. The fourth-order valence-corrected chi connectivity index (χ4v) is 2.21. The highest BCUT2D eigenvalue weighted by Crippen LogP contribution is 2.20. The van der Waals surface area contributed by atoms with Crippen molar-refractivity contribution in [1.82, 2.24) is 4.98 Å². The lowest BCUT2D eigenvalue weighted by Crippen LogP contribution is -2.01. The summed E-state index contributed by atoms with van der Waals surface area (Å²) in [6.45, 7) is 0.729. The number of para-hydroxylation sites is 1. The molecule has 1 aromatic carbocycles. The van der Waals surface area contributed by atoms with E-state index < -0.39 is 0 Å². The third-order valence-corrected chi connectivity index (χ3v) is 3.24. The van der Waals surface area contributed by atoms with E-state index in [0.717, 1.165) is 23.1 Å². The normalized spacial score (nSPS) is 10.6. The van der Waals surface area contributed by atoms with Gasteiger partial charge < -0.3 is 14.9 Å². The fourth-order valence-electron chi connectivity index (χ4n) is 2.21. The van der Waals surface area contributed by atoms with Gasteiger partial charge in [0.15, 0.2) is 5.76 Å². The second kappa shape index (κ2) is 7.14. The van der Waals surface area contributed by atoms with E-state index >= 15 is 0 Å². The maximum absolute atomic E-state index is 8.42. The summed E-state index contributed by atoms with van der Waals surface area (Å²) in [7, 11) is 0. The highest BCUT2D eigenvalue weighted by molar-refractivity contribution is 5.90. The molecule has 2 N–H and O–H groups in total. The van der Waals surface area contributed by atoms with Crippen LogP contribution in [0.3, 0.4) is 0 Å². The van der Waals surface area contributed by atoms with Crippen LogP contribution in [0, 0.1) is 11.8 Å². The van der Waals surface area contributed by atoms with Crippen LogP contribution in [0.15, 0.2) is 58.2 Å². The van der Waals surface area contributed by atoms with Crippen molar-refractivity contribution >= 4 is 22.8 Å². The number of nitrogens with zero attached hydrogens (tertiary/aromatic N) is 2. The van der Waals surface area contributed by atoms with Crippen molar-refractivity contribution in [3.63, 3.8) is 0 Å². The molecule has 0 aliphatic rings. The zero-order valence-electron chi connectivity index (χ0n) is 12.4. The van der Waals surface area contributed by atoms with Gasteiger partial charge in [-0.2, -0.15) is 0 Å². The number of benzene rings is 1. The number of rotatable bonds is 4. The molecule has 114 valence electrons.